The first kappa shape index (κ1) is 17.9. The van der Waals surface area contributed by atoms with Gasteiger partial charge in [0.2, 0.25) is 0 Å². The van der Waals surface area contributed by atoms with E-state index in [1.54, 1.807) is 23.5 Å². The second kappa shape index (κ2) is 7.61. The van der Waals surface area contributed by atoms with Crippen molar-refractivity contribution >= 4 is 21.6 Å². The summed E-state index contributed by atoms with van der Waals surface area (Å²) in [6.07, 6.45) is 6.24. The van der Waals surface area contributed by atoms with Crippen molar-refractivity contribution in [3.63, 3.8) is 0 Å². The molecule has 0 radical (unpaired) electrons. The highest BCUT2D eigenvalue weighted by Gasteiger charge is 2.16. The number of aryl methyl sites for hydroxylation is 3. The van der Waals surface area contributed by atoms with Crippen LogP contribution in [0.5, 0.6) is 5.75 Å². The third kappa shape index (κ3) is 3.52. The number of phenols is 1. The molecule has 0 bridgehead atoms. The third-order valence-corrected chi connectivity index (χ3v) is 5.97. The number of aromatic hydroxyl groups is 1. The highest BCUT2D eigenvalue weighted by Crippen LogP contribution is 2.31. The summed E-state index contributed by atoms with van der Waals surface area (Å²) in [6, 6.07) is 12.0. The summed E-state index contributed by atoms with van der Waals surface area (Å²) in [5.41, 5.74) is 5.02. The van der Waals surface area contributed by atoms with Gasteiger partial charge in [0.15, 0.2) is 5.82 Å². The maximum absolute atomic E-state index is 9.44. The maximum Gasteiger partial charge on any atom is 0.156 e. The summed E-state index contributed by atoms with van der Waals surface area (Å²) in [6.45, 7) is 3.16. The number of phenolic OH excluding ortho intramolecular Hbond substituents is 1. The fourth-order valence-corrected chi connectivity index (χ4v) is 4.54. The van der Waals surface area contributed by atoms with Crippen LogP contribution in [0.3, 0.4) is 0 Å². The van der Waals surface area contributed by atoms with Crippen molar-refractivity contribution in [1.29, 1.82) is 0 Å². The molecule has 0 aliphatic carbocycles. The van der Waals surface area contributed by atoms with Gasteiger partial charge in [0.25, 0.3) is 0 Å². The molecule has 4 nitrogen and oxygen atoms in total. The quantitative estimate of drug-likeness (QED) is 0.467. The zero-order valence-corrected chi connectivity index (χ0v) is 16.7. The van der Waals surface area contributed by atoms with Crippen LogP contribution < -0.4 is 0 Å². The molecule has 27 heavy (non-hydrogen) atoms. The monoisotopic (exact) mass is 379 g/mol. The number of aromatic nitrogens is 3. The van der Waals surface area contributed by atoms with Crippen LogP contribution in [-0.2, 0) is 26.4 Å². The first-order valence-corrected chi connectivity index (χ1v) is 10.4. The normalized spacial score (nSPS) is 11.5. The largest absolute Gasteiger partial charge is 0.508 e. The molecule has 5 heteroatoms. The standard InChI is InChI=1S/C22H25N3OS/c1-3-5-17-15-23-22(20-14-21-19(24(20)2)11-13-27-21)25(17)12-4-6-16-7-9-18(26)10-8-16/h7-11,13-15,26H,3-6,12H2,1-2H3. The number of thiophene rings is 1. The number of fused-ring (bicyclic) bond motifs is 1. The number of benzene rings is 1. The van der Waals surface area contributed by atoms with Crippen LogP contribution in [-0.4, -0.2) is 19.2 Å². The first-order chi connectivity index (χ1) is 13.2. The van der Waals surface area contributed by atoms with E-state index in [2.05, 4.69) is 40.6 Å². The molecular formula is C22H25N3OS. The third-order valence-electron chi connectivity index (χ3n) is 5.12. The average molecular weight is 380 g/mol. The summed E-state index contributed by atoms with van der Waals surface area (Å²) in [5.74, 6) is 1.39. The molecule has 4 aromatic rings. The number of hydrogen-bond acceptors (Lipinski definition) is 3. The Hall–Kier alpha value is -2.53. The van der Waals surface area contributed by atoms with Crippen molar-refractivity contribution in [3.05, 3.63) is 59.2 Å². The second-order valence-corrected chi connectivity index (χ2v) is 7.95. The van der Waals surface area contributed by atoms with Gasteiger partial charge in [-0.2, -0.15) is 0 Å². The Kier molecular flexibility index (Phi) is 5.03. The Morgan fingerprint density at radius 1 is 1.11 bits per heavy atom. The van der Waals surface area contributed by atoms with Crippen LogP contribution in [0.2, 0.25) is 0 Å². The van der Waals surface area contributed by atoms with Gasteiger partial charge in [-0.1, -0.05) is 25.5 Å². The fourth-order valence-electron chi connectivity index (χ4n) is 3.69. The van der Waals surface area contributed by atoms with E-state index in [0.29, 0.717) is 5.75 Å². The SMILES string of the molecule is CCCc1cnc(-c2cc3sccc3n2C)n1CCCc1ccc(O)cc1. The van der Waals surface area contributed by atoms with Gasteiger partial charge in [-0.15, -0.1) is 11.3 Å². The molecule has 4 rings (SSSR count). The molecule has 0 aliphatic rings. The highest BCUT2D eigenvalue weighted by molar-refractivity contribution is 7.17. The lowest BCUT2D eigenvalue weighted by atomic mass is 10.1. The van der Waals surface area contributed by atoms with E-state index < -0.39 is 0 Å². The average Bonchev–Trinajstić information content (AvgIpc) is 3.35. The zero-order valence-electron chi connectivity index (χ0n) is 15.9. The molecule has 0 saturated heterocycles. The van der Waals surface area contributed by atoms with E-state index in [-0.39, 0.29) is 0 Å². The minimum Gasteiger partial charge on any atom is -0.508 e. The molecule has 140 valence electrons. The van der Waals surface area contributed by atoms with Gasteiger partial charge >= 0.3 is 0 Å². The number of imidazole rings is 1. The van der Waals surface area contributed by atoms with Gasteiger partial charge < -0.3 is 14.2 Å². The minimum atomic E-state index is 0.324. The molecule has 0 spiro atoms. The van der Waals surface area contributed by atoms with E-state index in [1.165, 1.54) is 27.2 Å². The first-order valence-electron chi connectivity index (χ1n) is 9.53. The Morgan fingerprint density at radius 3 is 2.67 bits per heavy atom. The lowest BCUT2D eigenvalue weighted by Crippen LogP contribution is -2.08. The van der Waals surface area contributed by atoms with Crippen LogP contribution in [0, 0.1) is 0 Å². The number of hydrogen-bond donors (Lipinski definition) is 1. The lowest BCUT2D eigenvalue weighted by molar-refractivity contribution is 0.475. The van der Waals surface area contributed by atoms with Crippen LogP contribution in [0.15, 0.2) is 48.0 Å². The molecule has 0 unspecified atom stereocenters. The van der Waals surface area contributed by atoms with Crippen molar-refractivity contribution in [2.45, 2.75) is 39.2 Å². The van der Waals surface area contributed by atoms with E-state index in [9.17, 15) is 5.11 Å². The van der Waals surface area contributed by atoms with Crippen LogP contribution in [0.1, 0.15) is 31.0 Å². The van der Waals surface area contributed by atoms with E-state index in [0.717, 1.165) is 38.1 Å². The van der Waals surface area contributed by atoms with Crippen molar-refractivity contribution < 1.29 is 5.11 Å². The topological polar surface area (TPSA) is 43.0 Å². The zero-order chi connectivity index (χ0) is 18.8. The summed E-state index contributed by atoms with van der Waals surface area (Å²) < 4.78 is 5.95. The predicted molar refractivity (Wildman–Crippen MR) is 112 cm³/mol. The molecule has 1 aromatic carbocycles. The second-order valence-electron chi connectivity index (χ2n) is 7.00. The van der Waals surface area contributed by atoms with Gasteiger partial charge in [-0.25, -0.2) is 4.98 Å². The Labute approximate surface area is 163 Å². The van der Waals surface area contributed by atoms with Gasteiger partial charge in [0.1, 0.15) is 5.75 Å². The molecule has 0 amide bonds. The molecule has 1 N–H and O–H groups in total. The number of nitrogens with zero attached hydrogens (tertiary/aromatic N) is 3. The Bertz CT molecular complexity index is 1040. The van der Waals surface area contributed by atoms with E-state index in [4.69, 9.17) is 4.98 Å². The number of rotatable bonds is 7. The molecule has 0 atom stereocenters. The molecule has 3 heterocycles. The van der Waals surface area contributed by atoms with Gasteiger partial charge in [0, 0.05) is 25.5 Å². The van der Waals surface area contributed by atoms with Gasteiger partial charge in [0.05, 0.1) is 15.9 Å². The lowest BCUT2D eigenvalue weighted by Gasteiger charge is -2.13. The van der Waals surface area contributed by atoms with Crippen molar-refractivity contribution in [2.75, 3.05) is 0 Å². The maximum atomic E-state index is 9.44. The fraction of sp³-hybridized carbons (Fsp3) is 0.318. The summed E-state index contributed by atoms with van der Waals surface area (Å²) in [4.78, 5) is 4.79. The smallest absolute Gasteiger partial charge is 0.156 e. The Balaban J connectivity index is 1.60. The molecular weight excluding hydrogens is 354 g/mol. The summed E-state index contributed by atoms with van der Waals surface area (Å²) in [7, 11) is 2.12. The molecule has 0 aliphatic heterocycles. The molecule has 0 fully saturated rings. The summed E-state index contributed by atoms with van der Waals surface area (Å²) >= 11 is 1.78. The van der Waals surface area contributed by atoms with Crippen molar-refractivity contribution in [3.8, 4) is 17.3 Å². The molecule has 0 saturated carbocycles. The predicted octanol–water partition coefficient (Wildman–Crippen LogP) is 5.39. The van der Waals surface area contributed by atoms with E-state index in [1.807, 2.05) is 18.3 Å². The van der Waals surface area contributed by atoms with Gasteiger partial charge in [-0.3, -0.25) is 0 Å². The Morgan fingerprint density at radius 2 is 1.93 bits per heavy atom. The van der Waals surface area contributed by atoms with Crippen LogP contribution in [0.4, 0.5) is 0 Å². The van der Waals surface area contributed by atoms with Crippen LogP contribution >= 0.6 is 11.3 Å². The van der Waals surface area contributed by atoms with Crippen molar-refractivity contribution in [2.24, 2.45) is 7.05 Å². The summed E-state index contributed by atoms with van der Waals surface area (Å²) in [5, 5.41) is 11.6. The van der Waals surface area contributed by atoms with Crippen LogP contribution in [0.25, 0.3) is 21.7 Å². The molecule has 3 aromatic heterocycles. The van der Waals surface area contributed by atoms with Gasteiger partial charge in [-0.05, 0) is 54.5 Å². The highest BCUT2D eigenvalue weighted by atomic mass is 32.1. The van der Waals surface area contributed by atoms with E-state index >= 15 is 0 Å². The minimum absolute atomic E-state index is 0.324. The van der Waals surface area contributed by atoms with Crippen molar-refractivity contribution in [1.82, 2.24) is 14.1 Å².